The summed E-state index contributed by atoms with van der Waals surface area (Å²) >= 11 is 0. The third-order valence-electron chi connectivity index (χ3n) is 2.97. The summed E-state index contributed by atoms with van der Waals surface area (Å²) in [7, 11) is 0. The SMILES string of the molecule is CC(C)C[C@H]1OCc2ccccc2C1N. The topological polar surface area (TPSA) is 35.2 Å². The first-order chi connectivity index (χ1) is 7.18. The molecule has 82 valence electrons. The molecular formula is C13H19NO. The summed E-state index contributed by atoms with van der Waals surface area (Å²) in [5.74, 6) is 0.631. The molecule has 2 atom stereocenters. The van der Waals surface area contributed by atoms with Gasteiger partial charge < -0.3 is 10.5 Å². The molecule has 1 aromatic rings. The third kappa shape index (κ3) is 2.21. The van der Waals surface area contributed by atoms with Gasteiger partial charge in [-0.15, -0.1) is 0 Å². The zero-order valence-corrected chi connectivity index (χ0v) is 9.44. The van der Waals surface area contributed by atoms with Gasteiger partial charge in [-0.05, 0) is 23.5 Å². The summed E-state index contributed by atoms with van der Waals surface area (Å²) < 4.78 is 5.80. The Morgan fingerprint density at radius 2 is 2.13 bits per heavy atom. The Labute approximate surface area is 91.4 Å². The summed E-state index contributed by atoms with van der Waals surface area (Å²) in [6.07, 6.45) is 1.22. The highest BCUT2D eigenvalue weighted by atomic mass is 16.5. The summed E-state index contributed by atoms with van der Waals surface area (Å²) in [5.41, 5.74) is 8.71. The maximum Gasteiger partial charge on any atom is 0.0774 e. The monoisotopic (exact) mass is 205 g/mol. The molecule has 1 unspecified atom stereocenters. The van der Waals surface area contributed by atoms with Crippen LogP contribution in [0.5, 0.6) is 0 Å². The van der Waals surface area contributed by atoms with E-state index in [0.717, 1.165) is 6.42 Å². The van der Waals surface area contributed by atoms with E-state index in [2.05, 4.69) is 32.0 Å². The number of hydrogen-bond acceptors (Lipinski definition) is 2. The number of benzene rings is 1. The molecule has 0 aromatic heterocycles. The fraction of sp³-hybridized carbons (Fsp3) is 0.538. The van der Waals surface area contributed by atoms with E-state index in [1.165, 1.54) is 11.1 Å². The van der Waals surface area contributed by atoms with E-state index >= 15 is 0 Å². The zero-order valence-electron chi connectivity index (χ0n) is 9.44. The zero-order chi connectivity index (χ0) is 10.8. The van der Waals surface area contributed by atoms with Crippen molar-refractivity contribution in [2.24, 2.45) is 11.7 Å². The van der Waals surface area contributed by atoms with Crippen molar-refractivity contribution in [2.45, 2.75) is 39.0 Å². The molecule has 0 saturated heterocycles. The van der Waals surface area contributed by atoms with Gasteiger partial charge in [0.15, 0.2) is 0 Å². The lowest BCUT2D eigenvalue weighted by atomic mass is 9.90. The second-order valence-electron chi connectivity index (χ2n) is 4.70. The Hall–Kier alpha value is -0.860. The maximum atomic E-state index is 6.21. The van der Waals surface area contributed by atoms with E-state index in [0.29, 0.717) is 12.5 Å². The lowest BCUT2D eigenvalue weighted by Crippen LogP contribution is -2.34. The number of fused-ring (bicyclic) bond motifs is 1. The standard InChI is InChI=1S/C13H19NO/c1-9(2)7-12-13(14)11-6-4-3-5-10(11)8-15-12/h3-6,9,12-13H,7-8,14H2,1-2H3/t12-,13?/m1/s1. The Morgan fingerprint density at radius 3 is 2.87 bits per heavy atom. The fourth-order valence-electron chi connectivity index (χ4n) is 2.17. The van der Waals surface area contributed by atoms with E-state index in [4.69, 9.17) is 10.5 Å². The lowest BCUT2D eigenvalue weighted by molar-refractivity contribution is -0.00338. The van der Waals surface area contributed by atoms with Crippen molar-refractivity contribution in [3.8, 4) is 0 Å². The molecule has 1 aliphatic heterocycles. The highest BCUT2D eigenvalue weighted by Crippen LogP contribution is 2.30. The van der Waals surface area contributed by atoms with Gasteiger partial charge in [-0.2, -0.15) is 0 Å². The molecule has 0 bridgehead atoms. The van der Waals surface area contributed by atoms with Crippen molar-refractivity contribution in [1.29, 1.82) is 0 Å². The minimum Gasteiger partial charge on any atom is -0.372 e. The molecule has 15 heavy (non-hydrogen) atoms. The Balaban J connectivity index is 2.18. The minimum atomic E-state index is 0.0392. The van der Waals surface area contributed by atoms with Crippen LogP contribution in [0, 0.1) is 5.92 Å². The highest BCUT2D eigenvalue weighted by Gasteiger charge is 2.27. The van der Waals surface area contributed by atoms with E-state index in [1.54, 1.807) is 0 Å². The molecule has 2 nitrogen and oxygen atoms in total. The molecule has 0 spiro atoms. The molecule has 1 aromatic carbocycles. The van der Waals surface area contributed by atoms with Crippen molar-refractivity contribution in [3.63, 3.8) is 0 Å². The summed E-state index contributed by atoms with van der Waals surface area (Å²) in [6.45, 7) is 5.12. The number of ether oxygens (including phenoxy) is 1. The largest absolute Gasteiger partial charge is 0.372 e. The van der Waals surface area contributed by atoms with Crippen LogP contribution in [0.1, 0.15) is 37.4 Å². The second-order valence-corrected chi connectivity index (χ2v) is 4.70. The summed E-state index contributed by atoms with van der Waals surface area (Å²) in [6, 6.07) is 8.35. The van der Waals surface area contributed by atoms with Crippen molar-refractivity contribution < 1.29 is 4.74 Å². The molecule has 0 fully saturated rings. The van der Waals surface area contributed by atoms with Crippen LogP contribution in [0.2, 0.25) is 0 Å². The van der Waals surface area contributed by atoms with Gasteiger partial charge in [0.2, 0.25) is 0 Å². The smallest absolute Gasteiger partial charge is 0.0774 e. The quantitative estimate of drug-likeness (QED) is 0.805. The van der Waals surface area contributed by atoms with Gasteiger partial charge in [0.05, 0.1) is 18.8 Å². The van der Waals surface area contributed by atoms with Gasteiger partial charge >= 0.3 is 0 Å². The predicted octanol–water partition coefficient (Wildman–Crippen LogP) is 2.63. The van der Waals surface area contributed by atoms with Crippen LogP contribution in [0.25, 0.3) is 0 Å². The molecule has 2 N–H and O–H groups in total. The van der Waals surface area contributed by atoms with Crippen molar-refractivity contribution in [1.82, 2.24) is 0 Å². The van der Waals surface area contributed by atoms with Crippen LogP contribution in [0.15, 0.2) is 24.3 Å². The van der Waals surface area contributed by atoms with Crippen LogP contribution in [-0.4, -0.2) is 6.10 Å². The van der Waals surface area contributed by atoms with Crippen molar-refractivity contribution >= 4 is 0 Å². The van der Waals surface area contributed by atoms with Crippen LogP contribution < -0.4 is 5.73 Å². The molecule has 1 aliphatic rings. The first-order valence-electron chi connectivity index (χ1n) is 5.63. The van der Waals surface area contributed by atoms with Crippen molar-refractivity contribution in [3.05, 3.63) is 35.4 Å². The second kappa shape index (κ2) is 4.33. The van der Waals surface area contributed by atoms with Gasteiger partial charge in [0.25, 0.3) is 0 Å². The molecule has 1 heterocycles. The van der Waals surface area contributed by atoms with E-state index in [1.807, 2.05) is 6.07 Å². The molecule has 2 rings (SSSR count). The van der Waals surface area contributed by atoms with Gasteiger partial charge in [0, 0.05) is 0 Å². The van der Waals surface area contributed by atoms with Gasteiger partial charge in [-0.1, -0.05) is 38.1 Å². The summed E-state index contributed by atoms with van der Waals surface area (Å²) in [4.78, 5) is 0. The molecule has 0 radical (unpaired) electrons. The molecule has 0 aliphatic carbocycles. The number of rotatable bonds is 2. The molecule has 2 heteroatoms. The first kappa shape index (κ1) is 10.7. The van der Waals surface area contributed by atoms with Gasteiger partial charge in [-0.25, -0.2) is 0 Å². The van der Waals surface area contributed by atoms with Crippen LogP contribution in [-0.2, 0) is 11.3 Å². The van der Waals surface area contributed by atoms with E-state index in [-0.39, 0.29) is 12.1 Å². The van der Waals surface area contributed by atoms with E-state index in [9.17, 15) is 0 Å². The van der Waals surface area contributed by atoms with E-state index < -0.39 is 0 Å². The van der Waals surface area contributed by atoms with Gasteiger partial charge in [-0.3, -0.25) is 0 Å². The first-order valence-corrected chi connectivity index (χ1v) is 5.63. The van der Waals surface area contributed by atoms with Crippen LogP contribution >= 0.6 is 0 Å². The number of nitrogens with two attached hydrogens (primary N) is 1. The number of hydrogen-bond donors (Lipinski definition) is 1. The lowest BCUT2D eigenvalue weighted by Gasteiger charge is -2.32. The maximum absolute atomic E-state index is 6.21. The molecule has 0 amide bonds. The Morgan fingerprint density at radius 1 is 1.40 bits per heavy atom. The van der Waals surface area contributed by atoms with Crippen LogP contribution in [0.4, 0.5) is 0 Å². The predicted molar refractivity (Wildman–Crippen MR) is 61.4 cm³/mol. The summed E-state index contributed by atoms with van der Waals surface area (Å²) in [5, 5.41) is 0. The Bertz CT molecular complexity index is 335. The molecule has 0 saturated carbocycles. The van der Waals surface area contributed by atoms with Gasteiger partial charge in [0.1, 0.15) is 0 Å². The fourth-order valence-corrected chi connectivity index (χ4v) is 2.17. The average molecular weight is 205 g/mol. The Kier molecular flexibility index (Phi) is 3.08. The third-order valence-corrected chi connectivity index (χ3v) is 2.97. The normalized spacial score (nSPS) is 25.3. The molecular weight excluding hydrogens is 186 g/mol. The average Bonchev–Trinajstić information content (AvgIpc) is 2.22. The highest BCUT2D eigenvalue weighted by molar-refractivity contribution is 5.31. The van der Waals surface area contributed by atoms with Crippen molar-refractivity contribution in [2.75, 3.05) is 0 Å². The van der Waals surface area contributed by atoms with Crippen LogP contribution in [0.3, 0.4) is 0 Å². The minimum absolute atomic E-state index is 0.0392.